The quantitative estimate of drug-likeness (QED) is 0.0280. The minimum absolute atomic E-state index is 0.0857. The van der Waals surface area contributed by atoms with Crippen LogP contribution in [0.5, 0.6) is 0 Å². The average Bonchev–Trinajstić information content (AvgIpc) is 1.11. The van der Waals surface area contributed by atoms with Gasteiger partial charge in [0.1, 0.15) is 57.0 Å². The van der Waals surface area contributed by atoms with Crippen LogP contribution in [0.4, 0.5) is 92.4 Å². The fourth-order valence-electron chi connectivity index (χ4n) is 11.2. The van der Waals surface area contributed by atoms with E-state index in [1.807, 2.05) is 141 Å². The standard InChI is InChI=1S/C14H20BrN3O2.C14H21N3O2.C14H19N3O2.C11H17BN2O2.C10H14F3NO5S.C9H15NO3.C8H5F6NO2S.O2S/c1-14(2,3)20-13(19)18-5-4-9(8-18)10-6-11(15)12(16)17-7-10;2*1-14(2,3)19-13(18)17-7-6-11(9-17)10-4-5-12(15)16-8-10;1-10(2)11(3,4)16-12(15-10)8-5-6-9(13)14-7-8;1-9(2,3)18-8(15)14-5-4-7(6-14)19-20(16,17)10(11,12)13;1-9(2,3)13-8(12)10-5-4-7(11)6-10;9-7(10,11)15(6-4-2-1-3-5-6)18(16,17)8(12,13)14;1-3-2/h6-7,9H,4-5,8H2,1-3H3,(H2,16,17);4-5,8,11H,6-7,9H2,1-3H3,(H2,15,16);4-6,8H,7,9H2,1-3H3,(H2,15,16);5-7H,1-4H3,(H2,13,14);4H,5-6H2,1-3H3;4-6H2,1-3H3;1-5H;. The lowest BCUT2D eigenvalue weighted by Crippen LogP contribution is -2.49. The zero-order valence-electron chi connectivity index (χ0n) is 74.3. The number of ether oxygens (including phenoxy) is 5. The Kier molecular flexibility index (Phi) is 38.5. The number of hydrogen-bond acceptors (Lipinski definition) is 28. The number of halogens is 10. The molecule has 6 aliphatic rings. The first kappa shape index (κ1) is 110. The Hall–Kier alpha value is -10.3. The molecule has 0 spiro atoms. The molecule has 712 valence electrons. The Bertz CT molecular complexity index is 4880. The highest BCUT2D eigenvalue weighted by atomic mass is 79.9. The van der Waals surface area contributed by atoms with Gasteiger partial charge in [0, 0.05) is 101 Å². The number of alkyl halides is 9. The number of carbonyl (C=O) groups excluding carboxylic acids is 6. The number of nitrogen functional groups attached to an aromatic ring is 4. The van der Waals surface area contributed by atoms with Gasteiger partial charge in [0.25, 0.3) is 0 Å². The normalized spacial score (nSPS) is 17.4. The summed E-state index contributed by atoms with van der Waals surface area (Å²) in [5.41, 5.74) is 11.6. The summed E-state index contributed by atoms with van der Waals surface area (Å²) in [6.45, 7) is 39.3. The van der Waals surface area contributed by atoms with Gasteiger partial charge in [-0.25, -0.2) is 43.9 Å². The molecule has 2 unspecified atom stereocenters. The van der Waals surface area contributed by atoms with Gasteiger partial charge in [0.2, 0.25) is 0 Å². The average molecular weight is 1950 g/mol. The van der Waals surface area contributed by atoms with Crippen molar-refractivity contribution in [1.82, 2.24) is 44.4 Å². The molecule has 0 bridgehead atoms. The molecule has 48 heteroatoms. The van der Waals surface area contributed by atoms with E-state index in [0.717, 1.165) is 74.7 Å². The second-order valence-corrected chi connectivity index (χ2v) is 39.2. The molecule has 0 saturated carbocycles. The number of benzene rings is 1. The molecule has 2 atom stereocenters. The van der Waals surface area contributed by atoms with Crippen molar-refractivity contribution < 1.29 is 131 Å². The number of anilines is 5. The van der Waals surface area contributed by atoms with Gasteiger partial charge < -0.3 is 79.7 Å². The van der Waals surface area contributed by atoms with E-state index in [1.165, 1.54) is 11.0 Å². The van der Waals surface area contributed by atoms with Gasteiger partial charge in [-0.2, -0.15) is 55.9 Å². The number of hydrogen-bond donors (Lipinski definition) is 4. The predicted molar refractivity (Wildman–Crippen MR) is 462 cm³/mol. The van der Waals surface area contributed by atoms with Crippen LogP contribution in [0.25, 0.3) is 5.57 Å². The smallest absolute Gasteiger partial charge is 0.444 e. The van der Waals surface area contributed by atoms with Gasteiger partial charge in [-0.05, 0) is 231 Å². The van der Waals surface area contributed by atoms with Crippen molar-refractivity contribution in [1.29, 1.82) is 0 Å². The van der Waals surface area contributed by atoms with Crippen LogP contribution in [0.15, 0.2) is 120 Å². The lowest BCUT2D eigenvalue weighted by Gasteiger charge is -2.32. The van der Waals surface area contributed by atoms with Gasteiger partial charge in [-0.15, -0.1) is 13.2 Å². The third-order valence-corrected chi connectivity index (χ3v) is 21.0. The van der Waals surface area contributed by atoms with Gasteiger partial charge in [0.15, 0.2) is 5.78 Å². The number of pyridine rings is 4. The molecule has 128 heavy (non-hydrogen) atoms. The zero-order valence-corrected chi connectivity index (χ0v) is 78.3. The summed E-state index contributed by atoms with van der Waals surface area (Å²) in [6, 6.07) is 17.5. The summed E-state index contributed by atoms with van der Waals surface area (Å²) in [4.78, 5) is 93.7. The van der Waals surface area contributed by atoms with Crippen LogP contribution in [0.2, 0.25) is 0 Å². The molecule has 6 aliphatic heterocycles. The number of nitrogens with two attached hydrogens (primary N) is 4. The van der Waals surface area contributed by atoms with Crippen molar-refractivity contribution in [2.45, 2.75) is 219 Å². The maximum atomic E-state index is 12.5. The first-order chi connectivity index (χ1) is 58.4. The van der Waals surface area contributed by atoms with Crippen LogP contribution in [0.3, 0.4) is 0 Å². The third-order valence-electron chi connectivity index (χ3n) is 17.9. The van der Waals surface area contributed by atoms with Crippen molar-refractivity contribution in [2.75, 3.05) is 92.7 Å². The SMILES string of the molecule is CC(C)(C)OC(=O)N1CC=C(OS(=O)(=O)C(F)(F)F)C1.CC(C)(C)OC(=O)N1CC=C(c2ccc(N)nc2)C1.CC(C)(C)OC(=O)N1CCC(=O)C1.CC(C)(C)OC(=O)N1CCC(c2ccc(N)nc2)C1.CC(C)(C)OC(=O)N1CCC(c2cnc(N)c(Br)c2)C1.CC1(C)OB(c2ccc(N)nc2)OC1(C)C.O=S(=O)(N(c1ccccc1)C(F)(F)F)C(F)(F)F.O=S=O. The molecule has 0 radical (unpaired) electrons. The maximum absolute atomic E-state index is 12.5. The maximum Gasteiger partial charge on any atom is 0.534 e. The summed E-state index contributed by atoms with van der Waals surface area (Å²) in [7, 11) is -12.6. The molecule has 8 N–H and O–H groups in total. The van der Waals surface area contributed by atoms with E-state index in [1.54, 1.807) is 78.5 Å². The molecule has 5 aromatic rings. The van der Waals surface area contributed by atoms with Crippen molar-refractivity contribution >= 4 is 131 Å². The van der Waals surface area contributed by atoms with E-state index in [0.29, 0.717) is 87.0 Å². The summed E-state index contributed by atoms with van der Waals surface area (Å²) in [6.07, 6.45) is 4.73. The van der Waals surface area contributed by atoms with Crippen LogP contribution >= 0.6 is 15.9 Å². The lowest BCUT2D eigenvalue weighted by molar-refractivity contribution is -0.120. The molecular formula is C80H111BBrF9N14O20S3. The Morgan fingerprint density at radius 1 is 0.516 bits per heavy atom. The number of sulfonamides is 1. The number of para-hydroxylation sites is 1. The molecule has 1 aromatic carbocycles. The summed E-state index contributed by atoms with van der Waals surface area (Å²) in [5, 5.41) is 0. The number of amides is 5. The van der Waals surface area contributed by atoms with Gasteiger partial charge in [-0.3, -0.25) is 9.69 Å². The molecule has 5 amide bonds. The topological polar surface area (TPSA) is 454 Å². The molecule has 4 aromatic heterocycles. The van der Waals surface area contributed by atoms with Crippen LogP contribution in [-0.4, -0.2) is 235 Å². The number of rotatable bonds is 8. The minimum atomic E-state index is -6.54. The third kappa shape index (κ3) is 36.3. The molecular weight excluding hydrogens is 1830 g/mol. The monoisotopic (exact) mass is 1940 g/mol. The Morgan fingerprint density at radius 3 is 1.30 bits per heavy atom. The Labute approximate surface area is 750 Å². The van der Waals surface area contributed by atoms with Gasteiger partial charge in [0.05, 0.1) is 34.5 Å². The Balaban J connectivity index is 0.000000312. The first-order valence-corrected chi connectivity index (χ1v) is 43.5. The minimum Gasteiger partial charge on any atom is -0.444 e. The molecule has 10 heterocycles. The second kappa shape index (κ2) is 44.8. The summed E-state index contributed by atoms with van der Waals surface area (Å²) in [5.74, 6) is 2.24. The van der Waals surface area contributed by atoms with Gasteiger partial charge in [-0.1, -0.05) is 36.4 Å². The molecule has 34 nitrogen and oxygen atoms in total. The van der Waals surface area contributed by atoms with Crippen molar-refractivity contribution in [3.63, 3.8) is 0 Å². The van der Waals surface area contributed by atoms with E-state index < -0.39 is 112 Å². The van der Waals surface area contributed by atoms with Crippen molar-refractivity contribution in [3.8, 4) is 0 Å². The summed E-state index contributed by atoms with van der Waals surface area (Å²) >= 11 is 2.63. The second-order valence-electron chi connectivity index (χ2n) is 34.9. The highest BCUT2D eigenvalue weighted by molar-refractivity contribution is 9.10. The van der Waals surface area contributed by atoms with Crippen molar-refractivity contribution in [3.05, 3.63) is 137 Å². The van der Waals surface area contributed by atoms with E-state index in [2.05, 4.69) is 40.0 Å². The van der Waals surface area contributed by atoms with Gasteiger partial charge >= 0.3 is 86.6 Å². The largest absolute Gasteiger partial charge is 0.534 e. The highest BCUT2D eigenvalue weighted by Crippen LogP contribution is 2.40. The predicted octanol–water partition coefficient (Wildman–Crippen LogP) is 14.2. The fraction of sp³-hybridized carbons (Fsp3) is 0.550. The summed E-state index contributed by atoms with van der Waals surface area (Å²) < 4.78 is 211. The van der Waals surface area contributed by atoms with Crippen LogP contribution in [-0.2, 0) is 73.7 Å². The van der Waals surface area contributed by atoms with E-state index >= 15 is 0 Å². The fourth-order valence-corrected chi connectivity index (χ4v) is 12.9. The first-order valence-electron chi connectivity index (χ1n) is 39.2. The Morgan fingerprint density at radius 2 is 0.922 bits per heavy atom. The number of carbonyl (C=O) groups is 6. The molecule has 4 fully saturated rings. The van der Waals surface area contributed by atoms with Crippen molar-refractivity contribution in [2.24, 2.45) is 0 Å². The van der Waals surface area contributed by atoms with Crippen LogP contribution < -0.4 is 32.7 Å². The lowest BCUT2D eigenvalue weighted by atomic mass is 9.80. The number of Topliss-reactive ketones (excluding diaryl/α,β-unsaturated/α-hetero) is 1. The number of ketones is 1. The van der Waals surface area contributed by atoms with E-state index in [-0.39, 0.29) is 61.4 Å². The highest BCUT2D eigenvalue weighted by Gasteiger charge is 2.59. The van der Waals surface area contributed by atoms with Crippen LogP contribution in [0, 0.1) is 0 Å². The van der Waals surface area contributed by atoms with E-state index in [4.69, 9.17) is 64.3 Å². The van der Waals surface area contributed by atoms with E-state index in [9.17, 15) is 85.1 Å². The molecule has 0 aliphatic carbocycles. The zero-order chi connectivity index (χ0) is 97.7. The number of nitrogens with zero attached hydrogens (tertiary/aromatic N) is 10. The van der Waals surface area contributed by atoms with Crippen LogP contribution in [0.1, 0.15) is 179 Å². The molecule has 4 saturated heterocycles. The number of aromatic nitrogens is 4. The number of likely N-dealkylation sites (tertiary alicyclic amines) is 3. The molecule has 11 rings (SSSR count).